The van der Waals surface area contributed by atoms with E-state index in [2.05, 4.69) is 36.2 Å². The Kier molecular flexibility index (Phi) is 6.72. The molecule has 2 rings (SSSR count). The fourth-order valence-corrected chi connectivity index (χ4v) is 2.47. The van der Waals surface area contributed by atoms with Crippen LogP contribution < -0.4 is 5.32 Å². The lowest BCUT2D eigenvalue weighted by molar-refractivity contribution is -0.149. The van der Waals surface area contributed by atoms with Crippen molar-refractivity contribution in [1.82, 2.24) is 20.3 Å². The van der Waals surface area contributed by atoms with Crippen molar-refractivity contribution >= 4 is 39.0 Å². The van der Waals surface area contributed by atoms with Crippen LogP contribution in [0.2, 0.25) is 0 Å². The van der Waals surface area contributed by atoms with Crippen molar-refractivity contribution in [2.24, 2.45) is 0 Å². The smallest absolute Gasteiger partial charge is 0.306 e. The molecule has 130 valence electrons. The van der Waals surface area contributed by atoms with Crippen molar-refractivity contribution in [2.75, 3.05) is 6.54 Å². The van der Waals surface area contributed by atoms with Crippen LogP contribution in [0.3, 0.4) is 0 Å². The molecule has 0 aliphatic heterocycles. The molecule has 0 spiro atoms. The van der Waals surface area contributed by atoms with Gasteiger partial charge in [-0.15, -0.1) is 0 Å². The first-order valence-electron chi connectivity index (χ1n) is 7.97. The van der Waals surface area contributed by atoms with Gasteiger partial charge in [-0.2, -0.15) is 0 Å². The summed E-state index contributed by atoms with van der Waals surface area (Å²) in [5.41, 5.74) is 1.35. The highest BCUT2D eigenvalue weighted by Crippen LogP contribution is 2.20. The van der Waals surface area contributed by atoms with Gasteiger partial charge in [0.15, 0.2) is 11.8 Å². The normalized spacial score (nSPS) is 12.1. The Balaban J connectivity index is 1.81. The number of nitrogens with zero attached hydrogens (tertiary/aromatic N) is 2. The molecule has 0 saturated carbocycles. The third kappa shape index (κ3) is 5.30. The molecule has 0 fully saturated rings. The molecule has 1 unspecified atom stereocenters. The first-order valence-corrected chi connectivity index (χ1v) is 8.76. The van der Waals surface area contributed by atoms with E-state index in [1.807, 2.05) is 13.0 Å². The van der Waals surface area contributed by atoms with Crippen LogP contribution in [0, 0.1) is 0 Å². The second kappa shape index (κ2) is 8.77. The molecule has 0 saturated heterocycles. The van der Waals surface area contributed by atoms with E-state index in [1.165, 1.54) is 0 Å². The predicted molar refractivity (Wildman–Crippen MR) is 93.2 cm³/mol. The monoisotopic (exact) mass is 396 g/mol. The van der Waals surface area contributed by atoms with Crippen LogP contribution in [-0.2, 0) is 14.3 Å². The van der Waals surface area contributed by atoms with Gasteiger partial charge in [-0.3, -0.25) is 9.59 Å². The molecule has 7 nitrogen and oxygen atoms in total. The number of halogens is 1. The fourth-order valence-electron chi connectivity index (χ4n) is 2.14. The highest BCUT2D eigenvalue weighted by molar-refractivity contribution is 9.10. The maximum Gasteiger partial charge on any atom is 0.306 e. The van der Waals surface area contributed by atoms with Crippen LogP contribution >= 0.6 is 15.9 Å². The number of hydrogen-bond acceptors (Lipinski definition) is 5. The summed E-state index contributed by atoms with van der Waals surface area (Å²) in [5, 5.41) is 2.78. The topological polar surface area (TPSA) is 97.0 Å². The lowest BCUT2D eigenvalue weighted by Crippen LogP contribution is -2.23. The molecule has 2 aromatic heterocycles. The molecule has 0 aliphatic carbocycles. The molecule has 2 N–H and O–H groups in total. The van der Waals surface area contributed by atoms with Crippen molar-refractivity contribution in [1.29, 1.82) is 0 Å². The predicted octanol–water partition coefficient (Wildman–Crippen LogP) is 3.02. The zero-order chi connectivity index (χ0) is 17.5. The van der Waals surface area contributed by atoms with Gasteiger partial charge in [-0.1, -0.05) is 6.92 Å². The average Bonchev–Trinajstić information content (AvgIpc) is 2.96. The Morgan fingerprint density at radius 1 is 1.42 bits per heavy atom. The Bertz CT molecular complexity index is 716. The van der Waals surface area contributed by atoms with E-state index in [4.69, 9.17) is 4.74 Å². The van der Waals surface area contributed by atoms with Gasteiger partial charge in [-0.05, 0) is 41.8 Å². The van der Waals surface area contributed by atoms with Crippen LogP contribution in [0.1, 0.15) is 51.5 Å². The summed E-state index contributed by atoms with van der Waals surface area (Å²) < 4.78 is 6.20. The van der Waals surface area contributed by atoms with Gasteiger partial charge < -0.3 is 15.0 Å². The summed E-state index contributed by atoms with van der Waals surface area (Å²) in [6.45, 7) is 4.40. The number of fused-ring (bicyclic) bond motifs is 1. The SMILES string of the molecule is CCCNC(=O)CCCC(=O)OC(C)c1nc2ncc(Br)cc2[nH]1. The number of aromatic amines is 1. The van der Waals surface area contributed by atoms with E-state index >= 15 is 0 Å². The van der Waals surface area contributed by atoms with Gasteiger partial charge >= 0.3 is 5.97 Å². The van der Waals surface area contributed by atoms with Crippen LogP contribution in [-0.4, -0.2) is 33.4 Å². The number of carbonyl (C=O) groups is 2. The maximum absolute atomic E-state index is 11.9. The Hall–Kier alpha value is -1.96. The second-order valence-electron chi connectivity index (χ2n) is 5.48. The van der Waals surface area contributed by atoms with E-state index in [0.717, 1.165) is 16.4 Å². The lowest BCUT2D eigenvalue weighted by atomic mass is 10.2. The van der Waals surface area contributed by atoms with E-state index in [-0.39, 0.29) is 18.3 Å². The van der Waals surface area contributed by atoms with E-state index in [1.54, 1.807) is 13.1 Å². The number of H-pyrrole nitrogens is 1. The molecular weight excluding hydrogens is 376 g/mol. The molecule has 0 aliphatic rings. The third-order valence-corrected chi connectivity index (χ3v) is 3.81. The van der Waals surface area contributed by atoms with Gasteiger partial charge in [0.2, 0.25) is 5.91 Å². The molecular formula is C16H21BrN4O3. The van der Waals surface area contributed by atoms with Crippen molar-refractivity contribution in [3.8, 4) is 0 Å². The minimum absolute atomic E-state index is 0.0355. The fraction of sp³-hybridized carbons (Fsp3) is 0.500. The first kappa shape index (κ1) is 18.4. The second-order valence-corrected chi connectivity index (χ2v) is 6.40. The number of aromatic nitrogens is 3. The minimum Gasteiger partial charge on any atom is -0.454 e. The van der Waals surface area contributed by atoms with Gasteiger partial charge in [-0.25, -0.2) is 9.97 Å². The van der Waals surface area contributed by atoms with E-state index in [9.17, 15) is 9.59 Å². The zero-order valence-corrected chi connectivity index (χ0v) is 15.4. The van der Waals surface area contributed by atoms with Crippen molar-refractivity contribution in [3.63, 3.8) is 0 Å². The number of pyridine rings is 1. The van der Waals surface area contributed by atoms with Gasteiger partial charge in [0, 0.05) is 30.1 Å². The number of hydrogen-bond donors (Lipinski definition) is 2. The number of carbonyl (C=O) groups excluding carboxylic acids is 2. The molecule has 0 radical (unpaired) electrons. The molecule has 2 aromatic rings. The van der Waals surface area contributed by atoms with Crippen LogP contribution in [0.15, 0.2) is 16.7 Å². The summed E-state index contributed by atoms with van der Waals surface area (Å²) >= 11 is 3.35. The van der Waals surface area contributed by atoms with Crippen LogP contribution in [0.4, 0.5) is 0 Å². The number of ether oxygens (including phenoxy) is 1. The molecule has 2 heterocycles. The number of rotatable bonds is 8. The van der Waals surface area contributed by atoms with Gasteiger partial charge in [0.05, 0.1) is 5.52 Å². The Morgan fingerprint density at radius 2 is 2.21 bits per heavy atom. The summed E-state index contributed by atoms with van der Waals surface area (Å²) in [6, 6.07) is 1.86. The largest absolute Gasteiger partial charge is 0.454 e. The third-order valence-electron chi connectivity index (χ3n) is 3.37. The first-order chi connectivity index (χ1) is 11.5. The summed E-state index contributed by atoms with van der Waals surface area (Å²) in [5.74, 6) is 0.164. The highest BCUT2D eigenvalue weighted by atomic mass is 79.9. The molecule has 0 aromatic carbocycles. The van der Waals surface area contributed by atoms with Crippen molar-refractivity contribution in [3.05, 3.63) is 22.6 Å². The number of esters is 1. The quantitative estimate of drug-likeness (QED) is 0.668. The average molecular weight is 397 g/mol. The summed E-state index contributed by atoms with van der Waals surface area (Å²) in [7, 11) is 0. The van der Waals surface area contributed by atoms with E-state index < -0.39 is 6.10 Å². The van der Waals surface area contributed by atoms with Crippen molar-refractivity contribution in [2.45, 2.75) is 45.6 Å². The highest BCUT2D eigenvalue weighted by Gasteiger charge is 2.16. The number of imidazole rings is 1. The summed E-state index contributed by atoms with van der Waals surface area (Å²) in [6.07, 6.45) is 3.05. The lowest BCUT2D eigenvalue weighted by Gasteiger charge is -2.10. The summed E-state index contributed by atoms with van der Waals surface area (Å²) in [4.78, 5) is 34.9. The number of nitrogens with one attached hydrogen (secondary N) is 2. The van der Waals surface area contributed by atoms with Crippen LogP contribution in [0.25, 0.3) is 11.2 Å². The Morgan fingerprint density at radius 3 is 2.96 bits per heavy atom. The number of amides is 1. The minimum atomic E-state index is -0.501. The standard InChI is InChI=1S/C16H21BrN4O3/c1-3-7-18-13(22)5-4-6-14(23)24-10(2)15-20-12-8-11(17)9-19-16(12)21-15/h8-10H,3-7H2,1-2H3,(H,18,22)(H,19,20,21). The molecule has 24 heavy (non-hydrogen) atoms. The zero-order valence-electron chi connectivity index (χ0n) is 13.8. The maximum atomic E-state index is 11.9. The van der Waals surface area contributed by atoms with E-state index in [0.29, 0.717) is 30.9 Å². The van der Waals surface area contributed by atoms with Gasteiger partial charge in [0.1, 0.15) is 5.82 Å². The van der Waals surface area contributed by atoms with Crippen LogP contribution in [0.5, 0.6) is 0 Å². The van der Waals surface area contributed by atoms with Gasteiger partial charge in [0.25, 0.3) is 0 Å². The molecule has 1 atom stereocenters. The van der Waals surface area contributed by atoms with Crippen molar-refractivity contribution < 1.29 is 14.3 Å². The Labute approximate surface area is 148 Å². The molecule has 1 amide bonds. The molecule has 0 bridgehead atoms. The molecule has 8 heteroatoms.